The number of benzene rings is 1. The highest BCUT2D eigenvalue weighted by atomic mass is 16.1. The molecule has 0 fully saturated rings. The van der Waals surface area contributed by atoms with Gasteiger partial charge in [-0.2, -0.15) is 0 Å². The highest BCUT2D eigenvalue weighted by Gasteiger charge is 1.96. The summed E-state index contributed by atoms with van der Waals surface area (Å²) in [6.07, 6.45) is 2.59. The average molecular weight is 213 g/mol. The smallest absolute Gasteiger partial charge is 0.150 e. The van der Waals surface area contributed by atoms with Crippen molar-refractivity contribution in [3.05, 3.63) is 54.2 Å². The fraction of sp³-hybridized carbons (Fsp3) is 0.143. The van der Waals surface area contributed by atoms with E-state index in [0.717, 1.165) is 17.5 Å². The van der Waals surface area contributed by atoms with E-state index in [2.05, 4.69) is 4.98 Å². The summed E-state index contributed by atoms with van der Waals surface area (Å²) in [6.45, 7) is 4.00. The van der Waals surface area contributed by atoms with Gasteiger partial charge in [-0.05, 0) is 12.1 Å². The van der Waals surface area contributed by atoms with E-state index >= 15 is 0 Å². The van der Waals surface area contributed by atoms with Crippen molar-refractivity contribution in [2.24, 2.45) is 0 Å². The van der Waals surface area contributed by atoms with Gasteiger partial charge in [-0.3, -0.25) is 9.78 Å². The Morgan fingerprint density at radius 3 is 2.19 bits per heavy atom. The Kier molecular flexibility index (Phi) is 4.93. The van der Waals surface area contributed by atoms with Crippen molar-refractivity contribution in [3.63, 3.8) is 0 Å². The number of hydrogen-bond donors (Lipinski definition) is 0. The number of carbonyl (C=O) groups excluding carboxylic acids is 1. The third-order valence-corrected chi connectivity index (χ3v) is 2.01. The second-order valence-corrected chi connectivity index (χ2v) is 2.95. The van der Waals surface area contributed by atoms with Crippen molar-refractivity contribution >= 4 is 6.29 Å². The van der Waals surface area contributed by atoms with Crippen LogP contribution < -0.4 is 0 Å². The minimum Gasteiger partial charge on any atom is -0.298 e. The van der Waals surface area contributed by atoms with Gasteiger partial charge in [0.25, 0.3) is 0 Å². The molecule has 2 nitrogen and oxygen atoms in total. The van der Waals surface area contributed by atoms with Crippen molar-refractivity contribution in [2.75, 3.05) is 0 Å². The predicted molar refractivity (Wildman–Crippen MR) is 66.4 cm³/mol. The summed E-state index contributed by atoms with van der Waals surface area (Å²) < 4.78 is 0. The van der Waals surface area contributed by atoms with Gasteiger partial charge in [-0.15, -0.1) is 0 Å². The summed E-state index contributed by atoms with van der Waals surface area (Å²) in [4.78, 5) is 14.7. The molecular formula is C14H15NO. The first-order valence-corrected chi connectivity index (χ1v) is 5.37. The number of carbonyl (C=O) groups is 1. The summed E-state index contributed by atoms with van der Waals surface area (Å²) in [5.41, 5.74) is 2.63. The zero-order valence-electron chi connectivity index (χ0n) is 9.55. The maximum atomic E-state index is 10.4. The molecule has 2 heteroatoms. The van der Waals surface area contributed by atoms with E-state index in [9.17, 15) is 4.79 Å². The molecule has 0 saturated heterocycles. The van der Waals surface area contributed by atoms with Crippen LogP contribution in [0.25, 0.3) is 11.3 Å². The third kappa shape index (κ3) is 3.02. The summed E-state index contributed by atoms with van der Waals surface area (Å²) in [7, 11) is 0. The van der Waals surface area contributed by atoms with Gasteiger partial charge in [-0.25, -0.2) is 0 Å². The number of aromatic nitrogens is 1. The van der Waals surface area contributed by atoms with Crippen LogP contribution >= 0.6 is 0 Å². The molecule has 0 saturated carbocycles. The van der Waals surface area contributed by atoms with Crippen LogP contribution in [0.1, 0.15) is 24.2 Å². The van der Waals surface area contributed by atoms with Crippen molar-refractivity contribution < 1.29 is 4.79 Å². The summed E-state index contributed by atoms with van der Waals surface area (Å²) in [5, 5.41) is 0. The van der Waals surface area contributed by atoms with Crippen LogP contribution in [-0.4, -0.2) is 11.3 Å². The standard InChI is InChI=1S/C12H9NO.C2H6/c14-9-10-4-6-11(7-5-10)12-3-1-2-8-13-12;1-2/h1-9H;1-2H3. The summed E-state index contributed by atoms with van der Waals surface area (Å²) in [6, 6.07) is 13.1. The molecule has 0 radical (unpaired) electrons. The molecule has 0 bridgehead atoms. The molecule has 82 valence electrons. The second-order valence-electron chi connectivity index (χ2n) is 2.95. The fourth-order valence-electron chi connectivity index (χ4n) is 1.27. The van der Waals surface area contributed by atoms with Gasteiger partial charge < -0.3 is 0 Å². The second kappa shape index (κ2) is 6.51. The molecule has 16 heavy (non-hydrogen) atoms. The lowest BCUT2D eigenvalue weighted by Crippen LogP contribution is -1.83. The van der Waals surface area contributed by atoms with E-state index in [1.54, 1.807) is 18.3 Å². The number of aldehydes is 1. The summed E-state index contributed by atoms with van der Waals surface area (Å²) in [5.74, 6) is 0. The molecule has 0 aliphatic carbocycles. The Hall–Kier alpha value is -1.96. The lowest BCUT2D eigenvalue weighted by atomic mass is 10.1. The van der Waals surface area contributed by atoms with Gasteiger partial charge >= 0.3 is 0 Å². The van der Waals surface area contributed by atoms with Gasteiger partial charge in [0.2, 0.25) is 0 Å². The Balaban J connectivity index is 0.000000606. The monoisotopic (exact) mass is 213 g/mol. The average Bonchev–Trinajstić information content (AvgIpc) is 2.42. The topological polar surface area (TPSA) is 30.0 Å². The molecule has 0 N–H and O–H groups in total. The van der Waals surface area contributed by atoms with Crippen LogP contribution in [0.15, 0.2) is 48.7 Å². The molecule has 0 aliphatic rings. The van der Waals surface area contributed by atoms with Crippen molar-refractivity contribution in [2.45, 2.75) is 13.8 Å². The highest BCUT2D eigenvalue weighted by Crippen LogP contribution is 2.15. The van der Waals surface area contributed by atoms with Gasteiger partial charge in [-0.1, -0.05) is 44.2 Å². The van der Waals surface area contributed by atoms with Gasteiger partial charge in [0, 0.05) is 17.3 Å². The molecule has 0 spiro atoms. The molecule has 0 amide bonds. The van der Waals surface area contributed by atoms with Gasteiger partial charge in [0.1, 0.15) is 6.29 Å². The fourth-order valence-corrected chi connectivity index (χ4v) is 1.27. The number of rotatable bonds is 2. The molecule has 0 unspecified atom stereocenters. The lowest BCUT2D eigenvalue weighted by molar-refractivity contribution is 0.112. The van der Waals surface area contributed by atoms with Crippen molar-refractivity contribution in [1.82, 2.24) is 4.98 Å². The normalized spacial score (nSPS) is 8.88. The van der Waals surface area contributed by atoms with E-state index in [1.807, 2.05) is 44.2 Å². The number of hydrogen-bond acceptors (Lipinski definition) is 2. The van der Waals surface area contributed by atoms with Gasteiger partial charge in [0.15, 0.2) is 0 Å². The SMILES string of the molecule is CC.O=Cc1ccc(-c2ccccn2)cc1. The first-order valence-electron chi connectivity index (χ1n) is 5.37. The molecular weight excluding hydrogens is 198 g/mol. The van der Waals surface area contributed by atoms with E-state index in [1.165, 1.54) is 0 Å². The lowest BCUT2D eigenvalue weighted by Gasteiger charge is -1.99. The van der Waals surface area contributed by atoms with Crippen LogP contribution in [0, 0.1) is 0 Å². The Morgan fingerprint density at radius 1 is 1.00 bits per heavy atom. The molecule has 1 aromatic heterocycles. The Morgan fingerprint density at radius 2 is 1.69 bits per heavy atom. The molecule has 0 aliphatic heterocycles. The van der Waals surface area contributed by atoms with Crippen LogP contribution in [0.3, 0.4) is 0 Å². The number of pyridine rings is 1. The summed E-state index contributed by atoms with van der Waals surface area (Å²) >= 11 is 0. The Bertz CT molecular complexity index is 420. The quantitative estimate of drug-likeness (QED) is 0.713. The van der Waals surface area contributed by atoms with E-state index < -0.39 is 0 Å². The van der Waals surface area contributed by atoms with Crippen LogP contribution in [0.4, 0.5) is 0 Å². The zero-order chi connectivity index (χ0) is 11.8. The highest BCUT2D eigenvalue weighted by molar-refractivity contribution is 5.76. The first-order chi connectivity index (χ1) is 7.90. The Labute approximate surface area is 96.0 Å². The molecule has 2 rings (SSSR count). The van der Waals surface area contributed by atoms with Crippen LogP contribution in [0.5, 0.6) is 0 Å². The van der Waals surface area contributed by atoms with E-state index in [4.69, 9.17) is 0 Å². The molecule has 2 aromatic rings. The maximum Gasteiger partial charge on any atom is 0.150 e. The zero-order valence-corrected chi connectivity index (χ0v) is 9.55. The third-order valence-electron chi connectivity index (χ3n) is 2.01. The largest absolute Gasteiger partial charge is 0.298 e. The van der Waals surface area contributed by atoms with Crippen molar-refractivity contribution in [3.8, 4) is 11.3 Å². The van der Waals surface area contributed by atoms with Crippen LogP contribution in [-0.2, 0) is 0 Å². The maximum absolute atomic E-state index is 10.4. The molecule has 1 heterocycles. The predicted octanol–water partition coefficient (Wildman–Crippen LogP) is 3.59. The molecule has 1 aromatic carbocycles. The number of nitrogens with zero attached hydrogens (tertiary/aromatic N) is 1. The first kappa shape index (κ1) is 12.1. The minimum absolute atomic E-state index is 0.685. The van der Waals surface area contributed by atoms with Gasteiger partial charge in [0.05, 0.1) is 5.69 Å². The minimum atomic E-state index is 0.685. The molecule has 0 atom stereocenters. The van der Waals surface area contributed by atoms with E-state index in [-0.39, 0.29) is 0 Å². The van der Waals surface area contributed by atoms with E-state index in [0.29, 0.717) is 5.56 Å². The van der Waals surface area contributed by atoms with Crippen molar-refractivity contribution in [1.29, 1.82) is 0 Å². The van der Waals surface area contributed by atoms with Crippen LogP contribution in [0.2, 0.25) is 0 Å².